The monoisotopic (exact) mass is 521 g/mol. The highest BCUT2D eigenvalue weighted by Crippen LogP contribution is 2.77. The van der Waals surface area contributed by atoms with Crippen molar-refractivity contribution in [3.8, 4) is 11.5 Å². The van der Waals surface area contributed by atoms with E-state index in [-0.39, 0.29) is 31.3 Å². The zero-order chi connectivity index (χ0) is 31.5. The second-order valence-corrected chi connectivity index (χ2v) is 17.6. The number of fused-ring (bicyclic) bond motifs is 3. The van der Waals surface area contributed by atoms with Crippen LogP contribution < -0.4 is 9.47 Å². The van der Waals surface area contributed by atoms with E-state index in [1.807, 2.05) is 0 Å². The highest BCUT2D eigenvalue weighted by Gasteiger charge is 2.71. The lowest BCUT2D eigenvalue weighted by Gasteiger charge is -2.76. The molecule has 3 rings (SSSR count). The van der Waals surface area contributed by atoms with Crippen molar-refractivity contribution in [2.75, 3.05) is 20.8 Å². The minimum Gasteiger partial charge on any atom is -0.493 e. The number of methoxy groups -OCH3 is 2. The number of ketones is 1. The molecule has 194 valence electrons. The largest absolute Gasteiger partial charge is 0.493 e. The van der Waals surface area contributed by atoms with E-state index in [2.05, 4.69) is 150 Å². The van der Waals surface area contributed by atoms with Crippen LogP contribution in [0.3, 0.4) is 0 Å². The molecule has 0 N–H and O–H groups in total. The van der Waals surface area contributed by atoms with Crippen LogP contribution in [0, 0.1) is 0 Å². The molecule has 1 saturated heterocycles. The molecule has 2 unspecified atom stereocenters. The first kappa shape index (κ1) is 34.0. The molecular formula is C19H44B17NO3. The zero-order valence-electron chi connectivity index (χ0n) is 29.5. The lowest BCUT2D eigenvalue weighted by atomic mass is 9.04. The Balaban J connectivity index is 2.46. The summed E-state index contributed by atoms with van der Waals surface area (Å²) in [5, 5.41) is -2.33. The Bertz CT molecular complexity index is 1210. The number of piperidine rings is 1. The molecule has 2 aliphatic rings. The fraction of sp³-hybridized carbons (Fsp3) is 0.632. The molecule has 21 heteroatoms. The Morgan fingerprint density at radius 3 is 1.48 bits per heavy atom. The van der Waals surface area contributed by atoms with Gasteiger partial charge in [0.15, 0.2) is 11.5 Å². The highest BCUT2D eigenvalue weighted by atomic mass is 16.5. The molecule has 1 aromatic rings. The third-order valence-electron chi connectivity index (χ3n) is 13.9. The van der Waals surface area contributed by atoms with E-state index in [0.717, 1.165) is 5.75 Å². The van der Waals surface area contributed by atoms with Gasteiger partial charge in [-0.15, -0.1) is 10.2 Å². The summed E-state index contributed by atoms with van der Waals surface area (Å²) in [7, 11) is 43.1. The number of rotatable bonds is 6. The molecule has 1 aromatic carbocycles. The van der Waals surface area contributed by atoms with Gasteiger partial charge in [-0.3, -0.25) is 0 Å². The van der Waals surface area contributed by atoms with Gasteiger partial charge in [-0.25, -0.2) is 0 Å². The third kappa shape index (κ3) is 3.82. The van der Waals surface area contributed by atoms with Gasteiger partial charge in [0.2, 0.25) is 0 Å². The summed E-state index contributed by atoms with van der Waals surface area (Å²) in [6.07, 6.45) is 0. The molecule has 0 aromatic heterocycles. The van der Waals surface area contributed by atoms with E-state index < -0.39 is 16.0 Å². The standard InChI is InChI=1S/C19H44B17NO3/c1-39-8-3-6-7(4-9(8)40-2)14(25)13(23,24)10(38)11(20,5-37(14)19(35,36)12(6,21)22)16(27,28)15(26,17(29,30)31)18(32,33)34/h3-4H,5,20-36H2,1-2H3. The van der Waals surface area contributed by atoms with Gasteiger partial charge in [-0.05, 0) is 33.8 Å². The Morgan fingerprint density at radius 1 is 0.700 bits per heavy atom. The molecule has 1 fully saturated rings. The van der Waals surface area contributed by atoms with Crippen LogP contribution in [0.5, 0.6) is 11.5 Å². The summed E-state index contributed by atoms with van der Waals surface area (Å²) >= 11 is 0. The number of ether oxygens (including phenoxy) is 2. The normalized spacial score (nSPS) is 28.1. The van der Waals surface area contributed by atoms with Gasteiger partial charge < -0.3 is 19.2 Å². The second kappa shape index (κ2) is 9.28. The Hall–Kier alpha value is -0.446. The topological polar surface area (TPSA) is 38.8 Å². The molecule has 2 heterocycles. The van der Waals surface area contributed by atoms with Crippen LogP contribution in [0.25, 0.3) is 0 Å². The maximum atomic E-state index is 15.4. The second-order valence-electron chi connectivity index (χ2n) is 17.6. The van der Waals surface area contributed by atoms with Crippen molar-refractivity contribution >= 4 is 139 Å². The van der Waals surface area contributed by atoms with Crippen LogP contribution >= 0.6 is 0 Å². The zero-order valence-corrected chi connectivity index (χ0v) is 29.5. The maximum absolute atomic E-state index is 15.4. The predicted octanol–water partition coefficient (Wildman–Crippen LogP) is -14.0. The number of benzene rings is 1. The molecule has 2 aliphatic heterocycles. The molecule has 0 aliphatic carbocycles. The smallest absolute Gasteiger partial charge is 0.161 e. The van der Waals surface area contributed by atoms with Crippen molar-refractivity contribution in [2.45, 2.75) is 47.3 Å². The summed E-state index contributed by atoms with van der Waals surface area (Å²) in [5.74, 6) is 1.79. The van der Waals surface area contributed by atoms with Crippen molar-refractivity contribution < 1.29 is 14.3 Å². The molecule has 40 heavy (non-hydrogen) atoms. The fourth-order valence-electron chi connectivity index (χ4n) is 9.53. The van der Waals surface area contributed by atoms with Crippen LogP contribution in [-0.2, 0) is 15.4 Å². The minimum absolute atomic E-state index is 0.0316. The molecule has 0 spiro atoms. The number of carbonyl (C=O) groups excluding carboxylic acids is 1. The summed E-state index contributed by atoms with van der Waals surface area (Å²) in [4.78, 5) is 18.1. The van der Waals surface area contributed by atoms with Crippen LogP contribution in [0.2, 0.25) is 31.3 Å². The van der Waals surface area contributed by atoms with Crippen LogP contribution in [0.1, 0.15) is 11.1 Å². The third-order valence-corrected chi connectivity index (χ3v) is 13.9. The van der Waals surface area contributed by atoms with Gasteiger partial charge in [-0.1, -0.05) is 15.7 Å². The Labute approximate surface area is 260 Å². The van der Waals surface area contributed by atoms with Gasteiger partial charge >= 0.3 is 0 Å². The summed E-state index contributed by atoms with van der Waals surface area (Å²) in [6.45, 7) is 0.685. The van der Waals surface area contributed by atoms with Gasteiger partial charge in [-0.2, -0.15) is 0 Å². The van der Waals surface area contributed by atoms with E-state index in [0.29, 0.717) is 18.1 Å². The first-order valence-electron chi connectivity index (χ1n) is 15.2. The number of carbonyl (C=O) groups is 1. The lowest BCUT2D eigenvalue weighted by molar-refractivity contribution is -0.133. The van der Waals surface area contributed by atoms with Crippen molar-refractivity contribution in [1.82, 2.24) is 4.90 Å². The van der Waals surface area contributed by atoms with Gasteiger partial charge in [0.1, 0.15) is 76.4 Å². The Morgan fingerprint density at radius 2 is 1.10 bits per heavy atom. The first-order chi connectivity index (χ1) is 17.6. The summed E-state index contributed by atoms with van der Waals surface area (Å²) in [5.41, 5.74) is 1.85. The van der Waals surface area contributed by atoms with Crippen molar-refractivity contribution in [3.63, 3.8) is 0 Å². The SMILES string of the molecule is BC(B)(B)C(B)(C(B)(B)B)C(B)(B)C1(B)CN2C(B)(B)C(B)(B)c3cc(OC)c(OC)cc3C2(B)C(B)(B)C1=O. The number of hydrogen-bond acceptors (Lipinski definition) is 4. The summed E-state index contributed by atoms with van der Waals surface area (Å²) in [6, 6.07) is 4.31. The fourth-order valence-corrected chi connectivity index (χ4v) is 9.53. The first-order valence-corrected chi connectivity index (χ1v) is 15.2. The van der Waals surface area contributed by atoms with Crippen molar-refractivity contribution in [3.05, 3.63) is 23.3 Å². The molecule has 4 nitrogen and oxygen atoms in total. The molecule has 0 amide bonds. The van der Waals surface area contributed by atoms with Crippen molar-refractivity contribution in [2.24, 2.45) is 0 Å². The van der Waals surface area contributed by atoms with Crippen LogP contribution in [-0.4, -0.2) is 170 Å². The number of Topliss-reactive ketones (excluding diaryl/α,β-unsaturated/α-hetero) is 1. The molecule has 2 atom stereocenters. The van der Waals surface area contributed by atoms with Crippen LogP contribution in [0.15, 0.2) is 12.1 Å². The average Bonchev–Trinajstić information content (AvgIpc) is 2.81. The molecule has 0 bridgehead atoms. The molecule has 0 radical (unpaired) electrons. The molecule has 0 saturated carbocycles. The predicted molar refractivity (Wildman–Crippen MR) is 219 cm³/mol. The Kier molecular flexibility index (Phi) is 7.90. The van der Waals surface area contributed by atoms with Gasteiger partial charge in [0, 0.05) is 17.3 Å². The quantitative estimate of drug-likeness (QED) is 0.351. The number of nitrogens with zero attached hydrogens (tertiary/aromatic N) is 1. The minimum atomic E-state index is -0.684. The summed E-state index contributed by atoms with van der Waals surface area (Å²) < 4.78 is 11.6. The van der Waals surface area contributed by atoms with E-state index in [1.54, 1.807) is 14.2 Å². The van der Waals surface area contributed by atoms with Gasteiger partial charge in [0.25, 0.3) is 0 Å². The number of hydrogen-bond donors (Lipinski definition) is 0. The lowest BCUT2D eigenvalue weighted by Crippen LogP contribution is -2.81. The van der Waals surface area contributed by atoms with Gasteiger partial charge in [0.05, 0.1) is 77.0 Å². The van der Waals surface area contributed by atoms with E-state index in [4.69, 9.17) is 9.47 Å². The maximum Gasteiger partial charge on any atom is 0.161 e. The van der Waals surface area contributed by atoms with E-state index in [1.165, 1.54) is 11.1 Å². The highest BCUT2D eigenvalue weighted by molar-refractivity contribution is 6.73. The van der Waals surface area contributed by atoms with Crippen LogP contribution in [0.4, 0.5) is 0 Å². The van der Waals surface area contributed by atoms with E-state index >= 15 is 4.79 Å². The molecular weight excluding hydrogens is 474 g/mol. The van der Waals surface area contributed by atoms with E-state index in [9.17, 15) is 0 Å². The van der Waals surface area contributed by atoms with Crippen molar-refractivity contribution in [1.29, 1.82) is 0 Å². The average molecular weight is 518 g/mol.